The monoisotopic (exact) mass is 339 g/mol. The largest absolute Gasteiger partial charge is 0.379 e. The number of carbonyl (C=O) groups is 3. The third-order valence-electron chi connectivity index (χ3n) is 4.77. The molecule has 136 valence electrons. The zero-order valence-corrected chi connectivity index (χ0v) is 14.9. The molecule has 0 aromatic rings. The summed E-state index contributed by atoms with van der Waals surface area (Å²) in [6.45, 7) is 6.89. The van der Waals surface area contributed by atoms with Crippen molar-refractivity contribution in [1.29, 1.82) is 0 Å². The van der Waals surface area contributed by atoms with Crippen LogP contribution >= 0.6 is 0 Å². The summed E-state index contributed by atoms with van der Waals surface area (Å²) in [6, 6.07) is -0.451. The van der Waals surface area contributed by atoms with Crippen molar-refractivity contribution in [2.75, 3.05) is 19.7 Å². The average molecular weight is 339 g/mol. The lowest BCUT2D eigenvalue weighted by molar-refractivity contribution is -0.136. The molecule has 0 aromatic heterocycles. The molecule has 2 fully saturated rings. The van der Waals surface area contributed by atoms with Gasteiger partial charge >= 0.3 is 6.03 Å². The second kappa shape index (κ2) is 7.96. The molecule has 4 amide bonds. The molecule has 7 nitrogen and oxygen atoms in total. The van der Waals surface area contributed by atoms with Gasteiger partial charge in [-0.2, -0.15) is 0 Å². The Hall–Kier alpha value is -1.63. The normalized spacial score (nSPS) is 27.0. The molecule has 7 heteroatoms. The number of imide groups is 1. The van der Waals surface area contributed by atoms with Gasteiger partial charge in [0.25, 0.3) is 5.91 Å². The number of urea groups is 1. The smallest absolute Gasteiger partial charge is 0.325 e. The molecule has 2 aliphatic rings. The number of nitrogens with one attached hydrogen (secondary N) is 2. The summed E-state index contributed by atoms with van der Waals surface area (Å²) in [4.78, 5) is 37.8. The number of amides is 4. The molecule has 0 atom stereocenters. The summed E-state index contributed by atoms with van der Waals surface area (Å²) >= 11 is 0. The summed E-state index contributed by atoms with van der Waals surface area (Å²) in [6.07, 6.45) is 4.02. The van der Waals surface area contributed by atoms with Gasteiger partial charge in [0.1, 0.15) is 12.1 Å². The van der Waals surface area contributed by atoms with Crippen molar-refractivity contribution in [2.45, 2.75) is 64.5 Å². The van der Waals surface area contributed by atoms with Gasteiger partial charge in [0, 0.05) is 13.2 Å². The molecule has 1 aliphatic heterocycles. The van der Waals surface area contributed by atoms with E-state index in [1.165, 1.54) is 0 Å². The standard InChI is InChI=1S/C17H29N3O4/c1-12(2)24-10-4-9-18-14(21)11-20-15(22)17(19-16(20)23)7-5-13(3)6-8-17/h12-13H,4-11H2,1-3H3,(H,18,21)(H,19,23). The fourth-order valence-corrected chi connectivity index (χ4v) is 3.23. The van der Waals surface area contributed by atoms with Gasteiger partial charge in [0.15, 0.2) is 0 Å². The van der Waals surface area contributed by atoms with Crippen LogP contribution in [0, 0.1) is 5.92 Å². The molecular weight excluding hydrogens is 310 g/mol. The van der Waals surface area contributed by atoms with Gasteiger partial charge in [0.05, 0.1) is 6.10 Å². The van der Waals surface area contributed by atoms with E-state index in [9.17, 15) is 14.4 Å². The Morgan fingerprint density at radius 3 is 2.67 bits per heavy atom. The third-order valence-corrected chi connectivity index (χ3v) is 4.77. The highest BCUT2D eigenvalue weighted by Gasteiger charge is 2.52. The quantitative estimate of drug-likeness (QED) is 0.542. The number of carbonyl (C=O) groups excluding carboxylic acids is 3. The van der Waals surface area contributed by atoms with E-state index in [2.05, 4.69) is 17.6 Å². The molecule has 1 heterocycles. The molecule has 2 rings (SSSR count). The van der Waals surface area contributed by atoms with E-state index in [0.717, 1.165) is 17.7 Å². The van der Waals surface area contributed by atoms with Gasteiger partial charge in [-0.15, -0.1) is 0 Å². The summed E-state index contributed by atoms with van der Waals surface area (Å²) < 4.78 is 5.40. The maximum atomic E-state index is 12.6. The van der Waals surface area contributed by atoms with Crippen LogP contribution in [0.25, 0.3) is 0 Å². The van der Waals surface area contributed by atoms with Crippen molar-refractivity contribution < 1.29 is 19.1 Å². The van der Waals surface area contributed by atoms with Gasteiger partial charge in [0.2, 0.25) is 5.91 Å². The van der Waals surface area contributed by atoms with E-state index in [1.54, 1.807) is 0 Å². The summed E-state index contributed by atoms with van der Waals surface area (Å²) in [7, 11) is 0. The molecule has 1 spiro atoms. The van der Waals surface area contributed by atoms with Gasteiger partial charge in [-0.25, -0.2) is 4.79 Å². The second-order valence-corrected chi connectivity index (χ2v) is 7.21. The molecule has 0 unspecified atom stereocenters. The van der Waals surface area contributed by atoms with E-state index in [-0.39, 0.29) is 24.5 Å². The van der Waals surface area contributed by atoms with Gasteiger partial charge in [-0.05, 0) is 51.9 Å². The van der Waals surface area contributed by atoms with Crippen LogP contribution in [0.2, 0.25) is 0 Å². The zero-order chi connectivity index (χ0) is 17.7. The number of ether oxygens (including phenoxy) is 1. The Morgan fingerprint density at radius 1 is 1.38 bits per heavy atom. The summed E-state index contributed by atoms with van der Waals surface area (Å²) in [5, 5.41) is 5.55. The van der Waals surface area contributed by atoms with Crippen molar-refractivity contribution >= 4 is 17.8 Å². The first-order valence-electron chi connectivity index (χ1n) is 8.86. The lowest BCUT2D eigenvalue weighted by Crippen LogP contribution is -2.49. The van der Waals surface area contributed by atoms with Crippen molar-refractivity contribution in [3.63, 3.8) is 0 Å². The summed E-state index contributed by atoms with van der Waals surface area (Å²) in [5.41, 5.74) is -0.783. The SMILES string of the molecule is CC1CCC2(CC1)NC(=O)N(CC(=O)NCCCOC(C)C)C2=O. The molecule has 2 N–H and O–H groups in total. The average Bonchev–Trinajstić information content (AvgIpc) is 2.74. The molecule has 1 aliphatic carbocycles. The molecule has 0 aromatic carbocycles. The van der Waals surface area contributed by atoms with E-state index < -0.39 is 11.6 Å². The zero-order valence-electron chi connectivity index (χ0n) is 14.9. The Labute approximate surface area is 143 Å². The highest BCUT2D eigenvalue weighted by molar-refractivity contribution is 6.09. The van der Waals surface area contributed by atoms with Crippen molar-refractivity contribution in [2.24, 2.45) is 5.92 Å². The second-order valence-electron chi connectivity index (χ2n) is 7.21. The maximum Gasteiger partial charge on any atom is 0.325 e. The Bertz CT molecular complexity index is 484. The van der Waals surface area contributed by atoms with Crippen LogP contribution in [-0.4, -0.2) is 54.1 Å². The molecule has 1 saturated carbocycles. The molecule has 1 saturated heterocycles. The van der Waals surface area contributed by atoms with Gasteiger partial charge < -0.3 is 15.4 Å². The number of nitrogens with zero attached hydrogens (tertiary/aromatic N) is 1. The van der Waals surface area contributed by atoms with Gasteiger partial charge in [-0.3, -0.25) is 14.5 Å². The molecule has 0 bridgehead atoms. The first-order valence-corrected chi connectivity index (χ1v) is 8.86. The fourth-order valence-electron chi connectivity index (χ4n) is 3.23. The predicted octanol–water partition coefficient (Wildman–Crippen LogP) is 1.42. The van der Waals surface area contributed by atoms with Crippen molar-refractivity contribution in [1.82, 2.24) is 15.5 Å². The molecule has 0 radical (unpaired) electrons. The predicted molar refractivity (Wildman–Crippen MR) is 89.3 cm³/mol. The Morgan fingerprint density at radius 2 is 2.04 bits per heavy atom. The summed E-state index contributed by atoms with van der Waals surface area (Å²) in [5.74, 6) is 0.00713. The number of hydrogen-bond donors (Lipinski definition) is 2. The minimum absolute atomic E-state index is 0.168. The minimum Gasteiger partial charge on any atom is -0.379 e. The fraction of sp³-hybridized carbons (Fsp3) is 0.824. The minimum atomic E-state index is -0.783. The van der Waals surface area contributed by atoms with Crippen molar-refractivity contribution in [3.05, 3.63) is 0 Å². The van der Waals surface area contributed by atoms with Crippen LogP contribution in [0.3, 0.4) is 0 Å². The van der Waals surface area contributed by atoms with Crippen LogP contribution in [0.1, 0.15) is 52.9 Å². The van der Waals surface area contributed by atoms with Crippen LogP contribution < -0.4 is 10.6 Å². The lowest BCUT2D eigenvalue weighted by Gasteiger charge is -2.33. The molecular formula is C17H29N3O4. The molecule has 24 heavy (non-hydrogen) atoms. The van der Waals surface area contributed by atoms with Crippen LogP contribution in [0.5, 0.6) is 0 Å². The van der Waals surface area contributed by atoms with E-state index in [1.807, 2.05) is 13.8 Å². The van der Waals surface area contributed by atoms with Gasteiger partial charge in [-0.1, -0.05) is 6.92 Å². The van der Waals surface area contributed by atoms with Crippen LogP contribution in [0.15, 0.2) is 0 Å². The highest BCUT2D eigenvalue weighted by Crippen LogP contribution is 2.36. The van der Waals surface area contributed by atoms with Crippen LogP contribution in [-0.2, 0) is 14.3 Å². The van der Waals surface area contributed by atoms with E-state index >= 15 is 0 Å². The third kappa shape index (κ3) is 4.47. The highest BCUT2D eigenvalue weighted by atomic mass is 16.5. The topological polar surface area (TPSA) is 87.7 Å². The number of rotatable bonds is 7. The first-order chi connectivity index (χ1) is 11.3. The Balaban J connectivity index is 1.79. The Kier molecular flexibility index (Phi) is 6.21. The first kappa shape index (κ1) is 18.7. The van der Waals surface area contributed by atoms with Crippen LogP contribution in [0.4, 0.5) is 4.79 Å². The van der Waals surface area contributed by atoms with E-state index in [0.29, 0.717) is 38.3 Å². The van der Waals surface area contributed by atoms with Crippen molar-refractivity contribution in [3.8, 4) is 0 Å². The lowest BCUT2D eigenvalue weighted by atomic mass is 9.77. The number of hydrogen-bond acceptors (Lipinski definition) is 4. The maximum absolute atomic E-state index is 12.6. The van der Waals surface area contributed by atoms with E-state index in [4.69, 9.17) is 4.74 Å².